The Bertz CT molecular complexity index is 187. The van der Waals surface area contributed by atoms with Crippen LogP contribution in [0.5, 0.6) is 0 Å². The van der Waals surface area contributed by atoms with Gasteiger partial charge in [-0.05, 0) is 24.8 Å². The molecule has 74 valence electrons. The average molecular weight is 179 g/mol. The highest BCUT2D eigenvalue weighted by Gasteiger charge is 1.94. The van der Waals surface area contributed by atoms with E-state index in [9.17, 15) is 0 Å². The van der Waals surface area contributed by atoms with E-state index < -0.39 is 0 Å². The fourth-order valence-corrected chi connectivity index (χ4v) is 1.09. The van der Waals surface area contributed by atoms with E-state index >= 15 is 0 Å². The average Bonchev–Trinajstić information content (AvgIpc) is 2.04. The molecule has 0 amide bonds. The maximum Gasteiger partial charge on any atom is 0.0277 e. The molecule has 0 spiro atoms. The topological polar surface area (TPSA) is 12.4 Å². The number of hydrogen-bond acceptors (Lipinski definition) is 1. The fraction of sp³-hybridized carbons (Fsp3) is 0.583. The Morgan fingerprint density at radius 3 is 2.69 bits per heavy atom. The predicted molar refractivity (Wildman–Crippen MR) is 61.4 cm³/mol. The van der Waals surface area contributed by atoms with Crippen LogP contribution < -0.4 is 0 Å². The molecule has 0 rings (SSSR count). The largest absolute Gasteiger partial charge is 0.297 e. The monoisotopic (exact) mass is 179 g/mol. The summed E-state index contributed by atoms with van der Waals surface area (Å²) in [5.41, 5.74) is 1.19. The second-order valence-electron chi connectivity index (χ2n) is 3.71. The maximum atomic E-state index is 3.97. The van der Waals surface area contributed by atoms with E-state index in [0.717, 1.165) is 12.3 Å². The van der Waals surface area contributed by atoms with Gasteiger partial charge in [-0.3, -0.25) is 4.99 Å². The molecule has 0 saturated carbocycles. The Hall–Kier alpha value is -0.850. The van der Waals surface area contributed by atoms with Gasteiger partial charge < -0.3 is 0 Å². The van der Waals surface area contributed by atoms with Gasteiger partial charge in [0.25, 0.3) is 0 Å². The van der Waals surface area contributed by atoms with Crippen LogP contribution in [0.1, 0.15) is 33.1 Å². The van der Waals surface area contributed by atoms with E-state index in [1.165, 1.54) is 18.4 Å². The van der Waals surface area contributed by atoms with Crippen LogP contribution >= 0.6 is 0 Å². The lowest BCUT2D eigenvalue weighted by Crippen LogP contribution is -1.87. The minimum Gasteiger partial charge on any atom is -0.297 e. The molecule has 1 heteroatoms. The summed E-state index contributed by atoms with van der Waals surface area (Å²) < 4.78 is 0. The molecule has 0 aromatic carbocycles. The van der Waals surface area contributed by atoms with E-state index in [2.05, 4.69) is 25.4 Å². The van der Waals surface area contributed by atoms with Gasteiger partial charge in [-0.1, -0.05) is 38.5 Å². The Balaban J connectivity index is 3.51. The summed E-state index contributed by atoms with van der Waals surface area (Å²) in [4.78, 5) is 3.86. The zero-order valence-corrected chi connectivity index (χ0v) is 9.09. The first kappa shape index (κ1) is 12.2. The summed E-state index contributed by atoms with van der Waals surface area (Å²) in [7, 11) is 1.77. The fourth-order valence-electron chi connectivity index (χ4n) is 1.09. The van der Waals surface area contributed by atoms with Crippen molar-refractivity contribution in [1.82, 2.24) is 0 Å². The lowest BCUT2D eigenvalue weighted by Gasteiger charge is -2.03. The molecule has 0 radical (unpaired) electrons. The molecule has 0 aliphatic heterocycles. The molecule has 0 aliphatic carbocycles. The van der Waals surface area contributed by atoms with Crippen LogP contribution in [0.3, 0.4) is 0 Å². The van der Waals surface area contributed by atoms with E-state index in [1.54, 1.807) is 13.3 Å². The highest BCUT2D eigenvalue weighted by atomic mass is 14.6. The van der Waals surface area contributed by atoms with Crippen LogP contribution in [0.15, 0.2) is 29.3 Å². The normalized spacial score (nSPS) is 12.0. The third kappa shape index (κ3) is 9.06. The van der Waals surface area contributed by atoms with Crippen LogP contribution in [-0.2, 0) is 0 Å². The van der Waals surface area contributed by atoms with Crippen LogP contribution in [0.2, 0.25) is 0 Å². The van der Waals surface area contributed by atoms with E-state index in [1.807, 2.05) is 12.2 Å². The first-order valence-corrected chi connectivity index (χ1v) is 4.93. The van der Waals surface area contributed by atoms with Crippen molar-refractivity contribution >= 4 is 6.21 Å². The molecule has 0 N–H and O–H groups in total. The molecule has 0 bridgehead atoms. The summed E-state index contributed by atoms with van der Waals surface area (Å²) in [6, 6.07) is 0. The van der Waals surface area contributed by atoms with Crippen LogP contribution in [-0.4, -0.2) is 13.3 Å². The molecule has 0 unspecified atom stereocenters. The summed E-state index contributed by atoms with van der Waals surface area (Å²) in [6.07, 6.45) is 9.39. The number of nitrogens with zero attached hydrogens (tertiary/aromatic N) is 1. The second-order valence-corrected chi connectivity index (χ2v) is 3.71. The Morgan fingerprint density at radius 2 is 2.15 bits per heavy atom. The van der Waals surface area contributed by atoms with Crippen molar-refractivity contribution in [2.24, 2.45) is 10.9 Å². The Kier molecular flexibility index (Phi) is 7.27. The molecule has 0 aliphatic rings. The van der Waals surface area contributed by atoms with Gasteiger partial charge in [0, 0.05) is 13.3 Å². The molecule has 0 fully saturated rings. The molecular formula is C12H21N. The Labute approximate surface area is 82.3 Å². The van der Waals surface area contributed by atoms with Crippen LogP contribution in [0.4, 0.5) is 0 Å². The Morgan fingerprint density at radius 1 is 1.46 bits per heavy atom. The van der Waals surface area contributed by atoms with Gasteiger partial charge in [0.05, 0.1) is 0 Å². The van der Waals surface area contributed by atoms with Crippen molar-refractivity contribution in [3.8, 4) is 0 Å². The minimum atomic E-state index is 0.800. The molecule has 1 nitrogen and oxygen atoms in total. The standard InChI is InChI=1S/C12H21N/c1-11(2)7-5-8-12(3)9-6-10-13-4/h6,9-11H,3,5,7-8H2,1-2,4H3/b9-6-,13-10?. The minimum absolute atomic E-state index is 0.800. The van der Waals surface area contributed by atoms with Crippen molar-refractivity contribution in [2.75, 3.05) is 7.05 Å². The van der Waals surface area contributed by atoms with Gasteiger partial charge in [0.1, 0.15) is 0 Å². The van der Waals surface area contributed by atoms with Crippen molar-refractivity contribution in [2.45, 2.75) is 33.1 Å². The van der Waals surface area contributed by atoms with E-state index in [4.69, 9.17) is 0 Å². The first-order valence-electron chi connectivity index (χ1n) is 4.93. The van der Waals surface area contributed by atoms with E-state index in [0.29, 0.717) is 0 Å². The van der Waals surface area contributed by atoms with Crippen molar-refractivity contribution < 1.29 is 0 Å². The predicted octanol–water partition coefficient (Wildman–Crippen LogP) is 3.63. The van der Waals surface area contributed by atoms with E-state index in [-0.39, 0.29) is 0 Å². The lowest BCUT2D eigenvalue weighted by molar-refractivity contribution is 0.557. The second kappa shape index (κ2) is 7.78. The summed E-state index contributed by atoms with van der Waals surface area (Å²) in [5.74, 6) is 0.800. The SMILES string of the molecule is C=C(/C=C\C=NC)CCCC(C)C. The smallest absolute Gasteiger partial charge is 0.0277 e. The highest BCUT2D eigenvalue weighted by molar-refractivity contribution is 5.71. The van der Waals surface area contributed by atoms with Crippen molar-refractivity contribution in [3.05, 3.63) is 24.3 Å². The van der Waals surface area contributed by atoms with Crippen molar-refractivity contribution in [3.63, 3.8) is 0 Å². The van der Waals surface area contributed by atoms with Gasteiger partial charge >= 0.3 is 0 Å². The van der Waals surface area contributed by atoms with Crippen molar-refractivity contribution in [1.29, 1.82) is 0 Å². The molecular weight excluding hydrogens is 158 g/mol. The molecule has 0 aromatic heterocycles. The molecule has 0 atom stereocenters. The third-order valence-corrected chi connectivity index (χ3v) is 1.85. The zero-order valence-electron chi connectivity index (χ0n) is 9.09. The summed E-state index contributed by atoms with van der Waals surface area (Å²) >= 11 is 0. The third-order valence-electron chi connectivity index (χ3n) is 1.85. The van der Waals surface area contributed by atoms with Crippen LogP contribution in [0, 0.1) is 5.92 Å². The lowest BCUT2D eigenvalue weighted by atomic mass is 10.0. The molecule has 0 heterocycles. The molecule has 13 heavy (non-hydrogen) atoms. The van der Waals surface area contributed by atoms with Gasteiger partial charge in [-0.15, -0.1) is 0 Å². The highest BCUT2D eigenvalue weighted by Crippen LogP contribution is 2.11. The maximum absolute atomic E-state index is 3.97. The zero-order chi connectivity index (χ0) is 10.1. The van der Waals surface area contributed by atoms with Gasteiger partial charge in [-0.2, -0.15) is 0 Å². The summed E-state index contributed by atoms with van der Waals surface area (Å²) in [6.45, 7) is 8.48. The number of aliphatic imine (C=N–C) groups is 1. The summed E-state index contributed by atoms with van der Waals surface area (Å²) in [5, 5.41) is 0. The quantitative estimate of drug-likeness (QED) is 0.436. The molecule has 0 saturated heterocycles. The number of rotatable bonds is 6. The van der Waals surface area contributed by atoms with Crippen LogP contribution in [0.25, 0.3) is 0 Å². The molecule has 0 aromatic rings. The van der Waals surface area contributed by atoms with Gasteiger partial charge in [0.15, 0.2) is 0 Å². The number of hydrogen-bond donors (Lipinski definition) is 0. The first-order chi connectivity index (χ1) is 6.16. The van der Waals surface area contributed by atoms with Gasteiger partial charge in [-0.25, -0.2) is 0 Å². The number of allylic oxidation sites excluding steroid dienone is 3. The van der Waals surface area contributed by atoms with Gasteiger partial charge in [0.2, 0.25) is 0 Å².